The second-order valence-electron chi connectivity index (χ2n) is 8.10. The standard InChI is InChI=1S/C21H26ClN3O5S/c1-11(2)13-8-9-15(22)19(12(3)4)20(13)23-21(26)25-31(28,29)18-10-14-16(24-27)6-5-7-17(14)30-18/h8-12,27H,5-7H2,1-4H3,(H2,23,25,26)/b24-16-. The van der Waals surface area contributed by atoms with E-state index in [1.165, 1.54) is 6.07 Å². The summed E-state index contributed by atoms with van der Waals surface area (Å²) >= 11 is 6.36. The van der Waals surface area contributed by atoms with Crippen molar-refractivity contribution < 1.29 is 22.8 Å². The van der Waals surface area contributed by atoms with E-state index < -0.39 is 21.1 Å². The molecule has 2 aromatic rings. The first-order valence-electron chi connectivity index (χ1n) is 10.0. The number of fused-ring (bicyclic) bond motifs is 1. The van der Waals surface area contributed by atoms with E-state index in [2.05, 4.69) is 10.5 Å². The molecule has 0 saturated carbocycles. The van der Waals surface area contributed by atoms with E-state index in [0.29, 0.717) is 47.0 Å². The predicted octanol–water partition coefficient (Wildman–Crippen LogP) is 5.20. The van der Waals surface area contributed by atoms with Crippen LogP contribution in [0, 0.1) is 0 Å². The van der Waals surface area contributed by atoms with Gasteiger partial charge in [0.1, 0.15) is 5.76 Å². The van der Waals surface area contributed by atoms with Crippen LogP contribution < -0.4 is 10.0 Å². The Kier molecular flexibility index (Phi) is 6.66. The molecule has 0 unspecified atom stereocenters. The number of amides is 2. The second-order valence-corrected chi connectivity index (χ2v) is 10.1. The molecular formula is C21H26ClN3O5S. The number of hydrogen-bond acceptors (Lipinski definition) is 6. The summed E-state index contributed by atoms with van der Waals surface area (Å²) in [6.07, 6.45) is 1.72. The third kappa shape index (κ3) is 4.72. The molecule has 31 heavy (non-hydrogen) atoms. The fraction of sp³-hybridized carbons (Fsp3) is 0.429. The Morgan fingerprint density at radius 2 is 1.90 bits per heavy atom. The van der Waals surface area contributed by atoms with Crippen molar-refractivity contribution in [3.8, 4) is 0 Å². The summed E-state index contributed by atoms with van der Waals surface area (Å²) < 4.78 is 33.0. The second kappa shape index (κ2) is 8.92. The molecule has 1 aromatic heterocycles. The van der Waals surface area contributed by atoms with Crippen LogP contribution >= 0.6 is 11.6 Å². The number of benzene rings is 1. The van der Waals surface area contributed by atoms with E-state index in [9.17, 15) is 13.2 Å². The van der Waals surface area contributed by atoms with Gasteiger partial charge in [0.15, 0.2) is 0 Å². The molecule has 1 aliphatic rings. The van der Waals surface area contributed by atoms with Gasteiger partial charge in [-0.05, 0) is 41.9 Å². The Morgan fingerprint density at radius 3 is 2.52 bits per heavy atom. The maximum absolute atomic E-state index is 12.8. The average molecular weight is 468 g/mol. The zero-order chi connectivity index (χ0) is 22.9. The van der Waals surface area contributed by atoms with Crippen LogP contribution in [0.2, 0.25) is 5.02 Å². The van der Waals surface area contributed by atoms with Crippen molar-refractivity contribution >= 4 is 39.1 Å². The Morgan fingerprint density at radius 1 is 1.19 bits per heavy atom. The Labute approximate surface area is 186 Å². The zero-order valence-corrected chi connectivity index (χ0v) is 19.4. The molecule has 1 heterocycles. The molecule has 2 amide bonds. The summed E-state index contributed by atoms with van der Waals surface area (Å²) in [7, 11) is -4.28. The highest BCUT2D eigenvalue weighted by Gasteiger charge is 2.29. The highest BCUT2D eigenvalue weighted by atomic mass is 35.5. The van der Waals surface area contributed by atoms with E-state index in [1.807, 2.05) is 38.5 Å². The van der Waals surface area contributed by atoms with Crippen molar-refractivity contribution in [1.82, 2.24) is 4.72 Å². The van der Waals surface area contributed by atoms with E-state index in [-0.39, 0.29) is 11.8 Å². The van der Waals surface area contributed by atoms with Crippen molar-refractivity contribution in [3.05, 3.63) is 45.7 Å². The number of hydrogen-bond donors (Lipinski definition) is 3. The van der Waals surface area contributed by atoms with Crippen LogP contribution in [0.25, 0.3) is 0 Å². The molecular weight excluding hydrogens is 442 g/mol. The third-order valence-electron chi connectivity index (χ3n) is 5.19. The van der Waals surface area contributed by atoms with Crippen molar-refractivity contribution in [2.75, 3.05) is 5.32 Å². The lowest BCUT2D eigenvalue weighted by molar-refractivity contribution is 0.256. The van der Waals surface area contributed by atoms with Crippen molar-refractivity contribution in [1.29, 1.82) is 0 Å². The van der Waals surface area contributed by atoms with E-state index >= 15 is 0 Å². The molecule has 3 rings (SSSR count). The highest BCUT2D eigenvalue weighted by Crippen LogP contribution is 2.37. The molecule has 1 aromatic carbocycles. The topological polar surface area (TPSA) is 121 Å². The summed E-state index contributed by atoms with van der Waals surface area (Å²) in [6.45, 7) is 7.83. The van der Waals surface area contributed by atoms with Gasteiger partial charge >= 0.3 is 6.03 Å². The minimum Gasteiger partial charge on any atom is -0.447 e. The van der Waals surface area contributed by atoms with Crippen LogP contribution in [0.5, 0.6) is 0 Å². The molecule has 0 aliphatic heterocycles. The summed E-state index contributed by atoms with van der Waals surface area (Å²) in [4.78, 5) is 12.7. The first kappa shape index (κ1) is 23.1. The van der Waals surface area contributed by atoms with Crippen LogP contribution in [-0.4, -0.2) is 25.4 Å². The highest BCUT2D eigenvalue weighted by molar-refractivity contribution is 7.89. The molecule has 3 N–H and O–H groups in total. The number of aryl methyl sites for hydroxylation is 1. The van der Waals surface area contributed by atoms with Gasteiger partial charge in [-0.1, -0.05) is 50.5 Å². The fourth-order valence-corrected chi connectivity index (χ4v) is 4.98. The molecule has 0 spiro atoms. The molecule has 168 valence electrons. The van der Waals surface area contributed by atoms with Crippen LogP contribution in [0.4, 0.5) is 10.5 Å². The molecule has 10 heteroatoms. The van der Waals surface area contributed by atoms with Crippen LogP contribution in [-0.2, 0) is 16.4 Å². The maximum atomic E-state index is 12.8. The van der Waals surface area contributed by atoms with Crippen LogP contribution in [0.1, 0.15) is 74.8 Å². The van der Waals surface area contributed by atoms with Crippen LogP contribution in [0.3, 0.4) is 0 Å². The van der Waals surface area contributed by atoms with Gasteiger partial charge in [-0.3, -0.25) is 0 Å². The normalized spacial score (nSPS) is 15.4. The summed E-state index contributed by atoms with van der Waals surface area (Å²) in [5, 5.41) is 15.1. The molecule has 8 nitrogen and oxygen atoms in total. The predicted molar refractivity (Wildman–Crippen MR) is 119 cm³/mol. The molecule has 0 radical (unpaired) electrons. The minimum atomic E-state index is -4.28. The SMILES string of the molecule is CC(C)c1ccc(Cl)c(C(C)C)c1NC(=O)NS(=O)(=O)c1cc2c(o1)CCC/C2=N/O. The monoisotopic (exact) mass is 467 g/mol. The summed E-state index contributed by atoms with van der Waals surface area (Å²) in [5.41, 5.74) is 2.88. The molecule has 0 bridgehead atoms. The molecule has 0 saturated heterocycles. The number of carbonyl (C=O) groups is 1. The molecule has 1 aliphatic carbocycles. The van der Waals surface area contributed by atoms with Gasteiger partial charge in [0.2, 0.25) is 5.09 Å². The van der Waals surface area contributed by atoms with Gasteiger partial charge in [-0.25, -0.2) is 9.52 Å². The van der Waals surface area contributed by atoms with Gasteiger partial charge in [-0.15, -0.1) is 0 Å². The average Bonchev–Trinajstić information content (AvgIpc) is 3.12. The number of sulfonamides is 1. The lowest BCUT2D eigenvalue weighted by atomic mass is 9.92. The van der Waals surface area contributed by atoms with Crippen LogP contribution in [0.15, 0.2) is 32.9 Å². The lowest BCUT2D eigenvalue weighted by Gasteiger charge is -2.21. The zero-order valence-electron chi connectivity index (χ0n) is 17.8. The first-order valence-corrected chi connectivity index (χ1v) is 11.9. The number of urea groups is 1. The lowest BCUT2D eigenvalue weighted by Crippen LogP contribution is -2.35. The van der Waals surface area contributed by atoms with E-state index in [4.69, 9.17) is 21.2 Å². The quantitative estimate of drug-likeness (QED) is 0.412. The number of rotatable bonds is 5. The number of furan rings is 1. The number of oxime groups is 1. The number of halogens is 1. The van der Waals surface area contributed by atoms with E-state index in [0.717, 1.165) is 11.1 Å². The Hall–Kier alpha value is -2.52. The maximum Gasteiger partial charge on any atom is 0.333 e. The number of nitrogens with zero attached hydrogens (tertiary/aromatic N) is 1. The van der Waals surface area contributed by atoms with Gasteiger partial charge in [-0.2, -0.15) is 8.42 Å². The van der Waals surface area contributed by atoms with Gasteiger partial charge < -0.3 is 14.9 Å². The van der Waals surface area contributed by atoms with Gasteiger partial charge in [0, 0.05) is 23.1 Å². The van der Waals surface area contributed by atoms with Crippen molar-refractivity contribution in [2.24, 2.45) is 5.16 Å². The summed E-state index contributed by atoms with van der Waals surface area (Å²) in [5.74, 6) is 0.500. The Bertz CT molecular complexity index is 1140. The van der Waals surface area contributed by atoms with Gasteiger partial charge in [0.25, 0.3) is 10.0 Å². The largest absolute Gasteiger partial charge is 0.447 e. The summed E-state index contributed by atoms with van der Waals surface area (Å²) in [6, 6.07) is 3.95. The Balaban J connectivity index is 1.89. The molecule has 0 atom stereocenters. The number of carbonyl (C=O) groups excluding carboxylic acids is 1. The minimum absolute atomic E-state index is 0.00564. The fourth-order valence-electron chi connectivity index (χ4n) is 3.73. The smallest absolute Gasteiger partial charge is 0.333 e. The number of anilines is 1. The first-order chi connectivity index (χ1) is 14.5. The van der Waals surface area contributed by atoms with E-state index in [1.54, 1.807) is 6.07 Å². The van der Waals surface area contributed by atoms with Crippen molar-refractivity contribution in [3.63, 3.8) is 0 Å². The third-order valence-corrected chi connectivity index (χ3v) is 6.70. The number of nitrogens with one attached hydrogen (secondary N) is 2. The molecule has 0 fully saturated rings. The van der Waals surface area contributed by atoms with Crippen molar-refractivity contribution in [2.45, 2.75) is 63.9 Å². The van der Waals surface area contributed by atoms with Gasteiger partial charge in [0.05, 0.1) is 11.4 Å².